The first-order chi connectivity index (χ1) is 10.8. The molecule has 1 aliphatic rings. The molecule has 1 aliphatic heterocycles. The van der Waals surface area contributed by atoms with Gasteiger partial charge in [-0.25, -0.2) is 17.7 Å². The molecule has 0 aromatic carbocycles. The van der Waals surface area contributed by atoms with Crippen LogP contribution in [0.3, 0.4) is 0 Å². The number of alkyl halides is 4. The van der Waals surface area contributed by atoms with Gasteiger partial charge in [0.05, 0.1) is 15.3 Å². The molecule has 0 unspecified atom stereocenters. The Labute approximate surface area is 130 Å². The Morgan fingerprint density at radius 3 is 2.48 bits per heavy atom. The van der Waals surface area contributed by atoms with Crippen LogP contribution in [0.25, 0.3) is 0 Å². The van der Waals surface area contributed by atoms with Gasteiger partial charge in [-0.15, -0.1) is 0 Å². The molecule has 0 spiro atoms. The summed E-state index contributed by atoms with van der Waals surface area (Å²) in [5, 5.41) is 3.00. The highest BCUT2D eigenvalue weighted by Gasteiger charge is 2.28. The number of carbonyl (C=O) groups excluding carboxylic acids is 1. The second-order valence-corrected chi connectivity index (χ2v) is 7.79. The van der Waals surface area contributed by atoms with E-state index in [0.717, 1.165) is 0 Å². The number of halogens is 4. The third-order valence-corrected chi connectivity index (χ3v) is 5.92. The monoisotopic (exact) mass is 356 g/mol. The molecule has 1 aromatic heterocycles. The molecule has 1 aromatic rings. The number of rotatable bonds is 4. The van der Waals surface area contributed by atoms with E-state index in [1.165, 1.54) is 0 Å². The van der Waals surface area contributed by atoms with Gasteiger partial charge in [0.25, 0.3) is 12.3 Å². The summed E-state index contributed by atoms with van der Waals surface area (Å²) < 4.78 is 66.7. The lowest BCUT2D eigenvalue weighted by Gasteiger charge is -2.22. The van der Waals surface area contributed by atoms with Crippen LogP contribution in [0.2, 0.25) is 0 Å². The Balaban J connectivity index is 2.30. The van der Waals surface area contributed by atoms with Crippen molar-refractivity contribution >= 4 is 15.6 Å². The molecule has 0 aliphatic carbocycles. The van der Waals surface area contributed by atoms with E-state index < -0.39 is 39.9 Å². The van der Waals surface area contributed by atoms with E-state index in [2.05, 4.69) is 9.46 Å². The summed E-state index contributed by atoms with van der Waals surface area (Å²) >= 11 is 0. The Hall–Kier alpha value is -1.49. The lowest BCUT2D eigenvalue weighted by molar-refractivity contribution is 0.0537. The van der Waals surface area contributed by atoms with Crippen LogP contribution in [0.15, 0.2) is 10.6 Å². The fraction of sp³-hybridized carbons (Fsp3) is 0.667. The third kappa shape index (κ3) is 4.08. The molecular formula is C12H16F4N4O2S. The van der Waals surface area contributed by atoms with Crippen molar-refractivity contribution < 1.29 is 26.6 Å². The maximum Gasteiger partial charge on any atom is 0.333 e. The molecule has 23 heavy (non-hydrogen) atoms. The smallest absolute Gasteiger partial charge is 0.330 e. The molecule has 0 saturated carbocycles. The number of amides is 1. The molecule has 0 atom stereocenters. The Kier molecular flexibility index (Phi) is 5.40. The molecule has 0 bridgehead atoms. The average molecular weight is 356 g/mol. The van der Waals surface area contributed by atoms with Crippen LogP contribution in [0, 0.1) is 5.92 Å². The van der Waals surface area contributed by atoms with Crippen LogP contribution < -0.4 is 5.73 Å². The topological polar surface area (TPSA) is 90.3 Å². The van der Waals surface area contributed by atoms with Crippen molar-refractivity contribution in [2.75, 3.05) is 18.1 Å². The molecule has 6 nitrogen and oxygen atoms in total. The number of nitrogens with two attached hydrogens (primary N) is 1. The van der Waals surface area contributed by atoms with Gasteiger partial charge in [0, 0.05) is 17.7 Å². The first-order valence-electron chi connectivity index (χ1n) is 6.88. The second kappa shape index (κ2) is 6.95. The zero-order valence-corrected chi connectivity index (χ0v) is 12.8. The number of hydrogen-bond acceptors (Lipinski definition) is 4. The summed E-state index contributed by atoms with van der Waals surface area (Å²) in [5.41, 5.74) is 3.68. The first kappa shape index (κ1) is 17.9. The van der Waals surface area contributed by atoms with E-state index >= 15 is 0 Å². The van der Waals surface area contributed by atoms with Crippen LogP contribution in [-0.2, 0) is 9.73 Å². The van der Waals surface area contributed by atoms with Gasteiger partial charge < -0.3 is 5.73 Å². The van der Waals surface area contributed by atoms with Crippen molar-refractivity contribution in [1.82, 2.24) is 9.78 Å². The third-order valence-electron chi connectivity index (χ3n) is 3.67. The highest BCUT2D eigenvalue weighted by molar-refractivity contribution is 7.93. The molecule has 1 amide bonds. The standard InChI is InChI=1S/C12H16F4N4O2S/c13-10(14)9-8(6-20(18-9)12(15)16)11(21)19-23(22)3-1-7(5-17)2-4-23/h6-7,10,12H,1-5,17H2. The maximum absolute atomic E-state index is 12.8. The van der Waals surface area contributed by atoms with E-state index in [0.29, 0.717) is 25.6 Å². The van der Waals surface area contributed by atoms with Gasteiger partial charge in [0.2, 0.25) is 0 Å². The van der Waals surface area contributed by atoms with Gasteiger partial charge in [-0.3, -0.25) is 4.79 Å². The van der Waals surface area contributed by atoms with Gasteiger partial charge >= 0.3 is 6.55 Å². The van der Waals surface area contributed by atoms with E-state index in [9.17, 15) is 26.6 Å². The summed E-state index contributed by atoms with van der Waals surface area (Å²) in [4.78, 5) is 12.0. The number of hydrogen-bond donors (Lipinski definition) is 1. The van der Waals surface area contributed by atoms with Crippen LogP contribution >= 0.6 is 0 Å². The SMILES string of the molecule is NCC1CCS(=O)(=NC(=O)c2cn(C(F)F)nc2C(F)F)CC1. The fourth-order valence-electron chi connectivity index (χ4n) is 2.31. The summed E-state index contributed by atoms with van der Waals surface area (Å²) in [5.74, 6) is -0.752. The van der Waals surface area contributed by atoms with Gasteiger partial charge in [-0.05, 0) is 25.3 Å². The average Bonchev–Trinajstić information content (AvgIpc) is 2.93. The highest BCUT2D eigenvalue weighted by atomic mass is 32.2. The number of nitrogens with zero attached hydrogens (tertiary/aromatic N) is 3. The van der Waals surface area contributed by atoms with E-state index in [-0.39, 0.29) is 22.1 Å². The predicted molar refractivity (Wildman–Crippen MR) is 74.9 cm³/mol. The lowest BCUT2D eigenvalue weighted by Crippen LogP contribution is -2.28. The van der Waals surface area contributed by atoms with Crippen LogP contribution in [0.1, 0.15) is 41.9 Å². The Morgan fingerprint density at radius 2 is 2.00 bits per heavy atom. The fourth-order valence-corrected chi connectivity index (χ4v) is 4.50. The summed E-state index contributed by atoms with van der Waals surface area (Å²) in [6.07, 6.45) is -1.67. The summed E-state index contributed by atoms with van der Waals surface area (Å²) in [6, 6.07) is 0. The predicted octanol–water partition coefficient (Wildman–Crippen LogP) is 2.19. The van der Waals surface area contributed by atoms with Gasteiger partial charge in [-0.2, -0.15) is 18.2 Å². The maximum atomic E-state index is 12.8. The minimum atomic E-state index is -3.21. The zero-order chi connectivity index (χ0) is 17.2. The Morgan fingerprint density at radius 1 is 1.39 bits per heavy atom. The molecule has 1 saturated heterocycles. The van der Waals surface area contributed by atoms with Crippen molar-refractivity contribution in [2.24, 2.45) is 16.0 Å². The molecule has 130 valence electrons. The van der Waals surface area contributed by atoms with Crippen LogP contribution in [0.4, 0.5) is 17.6 Å². The van der Waals surface area contributed by atoms with E-state index in [4.69, 9.17) is 5.73 Å². The quantitative estimate of drug-likeness (QED) is 0.838. The van der Waals surface area contributed by atoms with E-state index in [1.807, 2.05) is 0 Å². The molecule has 2 N–H and O–H groups in total. The largest absolute Gasteiger partial charge is 0.333 e. The first-order valence-corrected chi connectivity index (χ1v) is 8.73. The summed E-state index contributed by atoms with van der Waals surface area (Å²) in [6.45, 7) is -2.73. The normalized spacial score (nSPS) is 25.1. The van der Waals surface area contributed by atoms with E-state index in [1.54, 1.807) is 0 Å². The molecule has 2 rings (SSSR count). The van der Waals surface area contributed by atoms with Gasteiger partial charge in [-0.1, -0.05) is 0 Å². The summed E-state index contributed by atoms with van der Waals surface area (Å²) in [7, 11) is -2.88. The lowest BCUT2D eigenvalue weighted by atomic mass is 10.0. The Bertz CT molecular complexity index is 683. The zero-order valence-electron chi connectivity index (χ0n) is 12.0. The molecule has 1 fully saturated rings. The molecular weight excluding hydrogens is 340 g/mol. The van der Waals surface area contributed by atoms with Crippen molar-refractivity contribution in [3.05, 3.63) is 17.5 Å². The van der Waals surface area contributed by atoms with Gasteiger partial charge in [0.15, 0.2) is 0 Å². The number of carbonyl (C=O) groups is 1. The van der Waals surface area contributed by atoms with Gasteiger partial charge in [0.1, 0.15) is 5.69 Å². The molecule has 0 radical (unpaired) electrons. The highest BCUT2D eigenvalue weighted by Crippen LogP contribution is 2.26. The second-order valence-electron chi connectivity index (χ2n) is 5.24. The molecule has 2 heterocycles. The van der Waals surface area contributed by atoms with Crippen LogP contribution in [0.5, 0.6) is 0 Å². The van der Waals surface area contributed by atoms with Crippen molar-refractivity contribution in [1.29, 1.82) is 0 Å². The van der Waals surface area contributed by atoms with Crippen LogP contribution in [-0.4, -0.2) is 37.9 Å². The van der Waals surface area contributed by atoms with Crippen molar-refractivity contribution in [3.8, 4) is 0 Å². The van der Waals surface area contributed by atoms with Crippen molar-refractivity contribution in [2.45, 2.75) is 25.8 Å². The van der Waals surface area contributed by atoms with Crippen molar-refractivity contribution in [3.63, 3.8) is 0 Å². The minimum absolute atomic E-state index is 0.0393. The minimum Gasteiger partial charge on any atom is -0.330 e. The number of aromatic nitrogens is 2. The molecule has 11 heteroatoms.